The Balaban J connectivity index is 2.31. The fourth-order valence-corrected chi connectivity index (χ4v) is 2.64. The molecular formula is C13H25N7. The van der Waals surface area contributed by atoms with Crippen LogP contribution in [0, 0.1) is 0 Å². The summed E-state index contributed by atoms with van der Waals surface area (Å²) in [6.07, 6.45) is 6.04. The van der Waals surface area contributed by atoms with Gasteiger partial charge in [-0.1, -0.05) is 13.3 Å². The molecule has 20 heavy (non-hydrogen) atoms. The molecule has 3 N–H and O–H groups in total. The fourth-order valence-electron chi connectivity index (χ4n) is 2.64. The van der Waals surface area contributed by atoms with Crippen molar-refractivity contribution >= 4 is 17.8 Å². The number of anilines is 3. The maximum Gasteiger partial charge on any atom is 0.243 e. The molecule has 1 aliphatic heterocycles. The molecular weight excluding hydrogens is 254 g/mol. The van der Waals surface area contributed by atoms with Gasteiger partial charge in [0.1, 0.15) is 0 Å². The first-order valence-corrected chi connectivity index (χ1v) is 7.32. The Labute approximate surface area is 120 Å². The zero-order chi connectivity index (χ0) is 14.5. The highest BCUT2D eigenvalue weighted by Crippen LogP contribution is 2.26. The van der Waals surface area contributed by atoms with Crippen molar-refractivity contribution in [1.29, 1.82) is 0 Å². The number of hydrogen-bond acceptors (Lipinski definition) is 7. The van der Waals surface area contributed by atoms with E-state index < -0.39 is 0 Å². The number of nitrogens with two attached hydrogens (primary N) is 1. The topological polar surface area (TPSA) is 83.2 Å². The molecule has 0 radical (unpaired) electrons. The fraction of sp³-hybridized carbons (Fsp3) is 0.769. The summed E-state index contributed by atoms with van der Waals surface area (Å²) >= 11 is 0. The van der Waals surface area contributed by atoms with Crippen molar-refractivity contribution in [3.05, 3.63) is 0 Å². The summed E-state index contributed by atoms with van der Waals surface area (Å²) < 4.78 is 0. The van der Waals surface area contributed by atoms with E-state index in [0.29, 0.717) is 17.9 Å². The number of hydrogen-bond donors (Lipinski definition) is 2. The largest absolute Gasteiger partial charge is 0.347 e. The van der Waals surface area contributed by atoms with Crippen LogP contribution < -0.4 is 21.1 Å². The molecule has 1 fully saturated rings. The molecule has 112 valence electrons. The molecule has 0 saturated carbocycles. The van der Waals surface area contributed by atoms with E-state index in [0.717, 1.165) is 12.5 Å². The summed E-state index contributed by atoms with van der Waals surface area (Å²) in [5.74, 6) is 7.25. The SMILES string of the molecule is CCCC1CCCCN1c1nc(NN)nc(N(C)C)n1. The van der Waals surface area contributed by atoms with E-state index in [-0.39, 0.29) is 0 Å². The van der Waals surface area contributed by atoms with Gasteiger partial charge in [-0.15, -0.1) is 0 Å². The van der Waals surface area contributed by atoms with Crippen LogP contribution in [-0.2, 0) is 0 Å². The Kier molecular flexibility index (Phi) is 4.94. The molecule has 1 unspecified atom stereocenters. The van der Waals surface area contributed by atoms with Gasteiger partial charge in [-0.25, -0.2) is 5.84 Å². The van der Waals surface area contributed by atoms with Crippen LogP contribution in [0.25, 0.3) is 0 Å². The van der Waals surface area contributed by atoms with Crippen LogP contribution in [0.4, 0.5) is 17.8 Å². The zero-order valence-corrected chi connectivity index (χ0v) is 12.6. The van der Waals surface area contributed by atoms with Crippen LogP contribution >= 0.6 is 0 Å². The number of hydrazine groups is 1. The van der Waals surface area contributed by atoms with Crippen molar-refractivity contribution in [3.63, 3.8) is 0 Å². The number of piperidine rings is 1. The minimum Gasteiger partial charge on any atom is -0.347 e. The highest BCUT2D eigenvalue weighted by Gasteiger charge is 2.25. The quantitative estimate of drug-likeness (QED) is 0.622. The van der Waals surface area contributed by atoms with Crippen LogP contribution in [0.1, 0.15) is 39.0 Å². The lowest BCUT2D eigenvalue weighted by Gasteiger charge is -2.36. The Morgan fingerprint density at radius 3 is 2.75 bits per heavy atom. The first kappa shape index (κ1) is 14.8. The molecule has 1 aromatic heterocycles. The minimum absolute atomic E-state index is 0.416. The Hall–Kier alpha value is -1.63. The van der Waals surface area contributed by atoms with E-state index in [4.69, 9.17) is 5.84 Å². The van der Waals surface area contributed by atoms with E-state index in [2.05, 4.69) is 32.2 Å². The van der Waals surface area contributed by atoms with Crippen molar-refractivity contribution < 1.29 is 0 Å². The molecule has 1 aliphatic rings. The molecule has 0 bridgehead atoms. The molecule has 7 nitrogen and oxygen atoms in total. The molecule has 1 saturated heterocycles. The smallest absolute Gasteiger partial charge is 0.243 e. The number of nitrogens with one attached hydrogen (secondary N) is 1. The van der Waals surface area contributed by atoms with Gasteiger partial charge in [-0.05, 0) is 25.7 Å². The van der Waals surface area contributed by atoms with Gasteiger partial charge in [-0.2, -0.15) is 15.0 Å². The van der Waals surface area contributed by atoms with Gasteiger partial charge in [0.05, 0.1) is 0 Å². The van der Waals surface area contributed by atoms with Gasteiger partial charge in [0, 0.05) is 26.7 Å². The predicted octanol–water partition coefficient (Wildman–Crippen LogP) is 1.38. The van der Waals surface area contributed by atoms with Crippen molar-refractivity contribution in [3.8, 4) is 0 Å². The molecule has 0 aliphatic carbocycles. The molecule has 0 aromatic carbocycles. The molecule has 7 heteroatoms. The third kappa shape index (κ3) is 3.27. The van der Waals surface area contributed by atoms with Gasteiger partial charge in [-0.3, -0.25) is 5.43 Å². The predicted molar refractivity (Wildman–Crippen MR) is 81.9 cm³/mol. The number of nitrogen functional groups attached to an aromatic ring is 1. The zero-order valence-electron chi connectivity index (χ0n) is 12.6. The standard InChI is InChI=1S/C13H25N7/c1-4-7-10-8-5-6-9-20(10)13-16-11(18-14)15-12(17-13)19(2)3/h10H,4-9,14H2,1-3H3,(H,15,16,17,18). The number of rotatable bonds is 5. The van der Waals surface area contributed by atoms with Crippen LogP contribution in [-0.4, -0.2) is 41.6 Å². The van der Waals surface area contributed by atoms with Gasteiger partial charge >= 0.3 is 0 Å². The number of nitrogens with zero attached hydrogens (tertiary/aromatic N) is 5. The van der Waals surface area contributed by atoms with E-state index in [1.807, 2.05) is 19.0 Å². The maximum atomic E-state index is 5.47. The van der Waals surface area contributed by atoms with Crippen molar-refractivity contribution in [2.45, 2.75) is 45.1 Å². The summed E-state index contributed by atoms with van der Waals surface area (Å²) in [6, 6.07) is 0.525. The first-order valence-electron chi connectivity index (χ1n) is 7.32. The van der Waals surface area contributed by atoms with Gasteiger partial charge < -0.3 is 9.80 Å². The lowest BCUT2D eigenvalue weighted by Crippen LogP contribution is -2.41. The summed E-state index contributed by atoms with van der Waals surface area (Å²) in [4.78, 5) is 17.4. The third-order valence-corrected chi connectivity index (χ3v) is 3.65. The summed E-state index contributed by atoms with van der Waals surface area (Å²) in [7, 11) is 3.83. The molecule has 2 heterocycles. The van der Waals surface area contributed by atoms with Crippen LogP contribution in [0.2, 0.25) is 0 Å². The number of aromatic nitrogens is 3. The van der Waals surface area contributed by atoms with Crippen molar-refractivity contribution in [1.82, 2.24) is 15.0 Å². The van der Waals surface area contributed by atoms with E-state index in [1.54, 1.807) is 0 Å². The van der Waals surface area contributed by atoms with E-state index in [1.165, 1.54) is 32.1 Å². The Morgan fingerprint density at radius 1 is 1.30 bits per heavy atom. The second-order valence-electron chi connectivity index (χ2n) is 5.43. The molecule has 2 rings (SSSR count). The third-order valence-electron chi connectivity index (χ3n) is 3.65. The van der Waals surface area contributed by atoms with E-state index in [9.17, 15) is 0 Å². The molecule has 1 atom stereocenters. The average Bonchev–Trinajstić information content (AvgIpc) is 2.47. The van der Waals surface area contributed by atoms with Gasteiger partial charge in [0.2, 0.25) is 17.8 Å². The first-order chi connectivity index (χ1) is 9.65. The molecule has 0 amide bonds. The lowest BCUT2D eigenvalue weighted by atomic mass is 9.99. The minimum atomic E-state index is 0.416. The van der Waals surface area contributed by atoms with Crippen LogP contribution in [0.5, 0.6) is 0 Å². The van der Waals surface area contributed by atoms with Crippen LogP contribution in [0.3, 0.4) is 0 Å². The van der Waals surface area contributed by atoms with Gasteiger partial charge in [0.15, 0.2) is 0 Å². The second kappa shape index (κ2) is 6.69. The summed E-state index contributed by atoms with van der Waals surface area (Å²) in [5, 5.41) is 0. The maximum absolute atomic E-state index is 5.47. The monoisotopic (exact) mass is 279 g/mol. The van der Waals surface area contributed by atoms with E-state index >= 15 is 0 Å². The highest BCUT2D eigenvalue weighted by molar-refractivity contribution is 5.45. The average molecular weight is 279 g/mol. The normalized spacial score (nSPS) is 19.0. The highest BCUT2D eigenvalue weighted by atomic mass is 15.4. The Bertz CT molecular complexity index is 433. The van der Waals surface area contributed by atoms with Crippen molar-refractivity contribution in [2.24, 2.45) is 5.84 Å². The van der Waals surface area contributed by atoms with Crippen molar-refractivity contribution in [2.75, 3.05) is 35.9 Å². The molecule has 0 spiro atoms. The van der Waals surface area contributed by atoms with Gasteiger partial charge in [0.25, 0.3) is 0 Å². The Morgan fingerprint density at radius 2 is 2.10 bits per heavy atom. The summed E-state index contributed by atoms with van der Waals surface area (Å²) in [6.45, 7) is 3.23. The summed E-state index contributed by atoms with van der Waals surface area (Å²) in [5.41, 5.74) is 2.53. The molecule has 1 aromatic rings. The second-order valence-corrected chi connectivity index (χ2v) is 5.43. The van der Waals surface area contributed by atoms with Crippen LogP contribution in [0.15, 0.2) is 0 Å². The lowest BCUT2D eigenvalue weighted by molar-refractivity contribution is 0.428.